The van der Waals surface area contributed by atoms with Crippen molar-refractivity contribution in [3.63, 3.8) is 0 Å². The van der Waals surface area contributed by atoms with Crippen molar-refractivity contribution in [1.82, 2.24) is 10.6 Å². The summed E-state index contributed by atoms with van der Waals surface area (Å²) in [6, 6.07) is 7.88. The quantitative estimate of drug-likeness (QED) is 0.631. The first-order chi connectivity index (χ1) is 10.8. The van der Waals surface area contributed by atoms with Crippen molar-refractivity contribution in [3.8, 4) is 5.75 Å². The van der Waals surface area contributed by atoms with Gasteiger partial charge >= 0.3 is 0 Å². The molecular weight excluding hydrogens is 328 g/mol. The van der Waals surface area contributed by atoms with Gasteiger partial charge in [-0.15, -0.1) is 12.4 Å². The van der Waals surface area contributed by atoms with Crippen molar-refractivity contribution < 1.29 is 14.3 Å². The third-order valence-corrected chi connectivity index (χ3v) is 3.38. The monoisotopic (exact) mass is 358 g/mol. The highest BCUT2D eigenvalue weighted by Crippen LogP contribution is 2.23. The molecule has 0 radical (unpaired) electrons. The number of nitrogens with one attached hydrogen (secondary N) is 2. The normalized spacial score (nSPS) is 11.1. The predicted molar refractivity (Wildman–Crippen MR) is 99.9 cm³/mol. The molecule has 5 nitrogen and oxygen atoms in total. The molecule has 0 bridgehead atoms. The summed E-state index contributed by atoms with van der Waals surface area (Å²) in [5.74, 6) is 1.31. The Morgan fingerprint density at radius 1 is 1.21 bits per heavy atom. The first kappa shape index (κ1) is 22.7. The summed E-state index contributed by atoms with van der Waals surface area (Å²) in [7, 11) is 1.64. The van der Waals surface area contributed by atoms with Crippen molar-refractivity contribution in [2.75, 3.05) is 33.4 Å². The van der Waals surface area contributed by atoms with Gasteiger partial charge in [-0.25, -0.2) is 0 Å². The molecule has 0 aromatic heterocycles. The lowest BCUT2D eigenvalue weighted by Crippen LogP contribution is -2.45. The minimum absolute atomic E-state index is 0. The van der Waals surface area contributed by atoms with E-state index in [0.717, 1.165) is 11.3 Å². The van der Waals surface area contributed by atoms with Gasteiger partial charge in [-0.2, -0.15) is 0 Å². The van der Waals surface area contributed by atoms with Gasteiger partial charge in [0.1, 0.15) is 5.75 Å². The number of hydrogen-bond donors (Lipinski definition) is 2. The van der Waals surface area contributed by atoms with Crippen LogP contribution in [-0.4, -0.2) is 39.3 Å². The maximum atomic E-state index is 12.0. The minimum atomic E-state index is -0.434. The molecule has 0 aliphatic carbocycles. The van der Waals surface area contributed by atoms with Crippen LogP contribution in [0.4, 0.5) is 0 Å². The number of ether oxygens (including phenoxy) is 2. The van der Waals surface area contributed by atoms with E-state index in [2.05, 4.69) is 24.5 Å². The second kappa shape index (κ2) is 11.3. The van der Waals surface area contributed by atoms with Gasteiger partial charge in [0.25, 0.3) is 0 Å². The molecule has 0 atom stereocenters. The van der Waals surface area contributed by atoms with Crippen LogP contribution in [0.1, 0.15) is 33.3 Å². The van der Waals surface area contributed by atoms with Crippen LogP contribution in [0.3, 0.4) is 0 Å². The zero-order valence-corrected chi connectivity index (χ0v) is 16.2. The van der Waals surface area contributed by atoms with Gasteiger partial charge < -0.3 is 20.1 Å². The average Bonchev–Trinajstić information content (AvgIpc) is 2.49. The van der Waals surface area contributed by atoms with Gasteiger partial charge in [-0.3, -0.25) is 4.79 Å². The molecule has 1 rings (SSSR count). The van der Waals surface area contributed by atoms with E-state index in [0.29, 0.717) is 25.7 Å². The minimum Gasteiger partial charge on any atom is -0.493 e. The Morgan fingerprint density at radius 3 is 2.38 bits per heavy atom. The molecule has 0 saturated carbocycles. The first-order valence-corrected chi connectivity index (χ1v) is 8.09. The maximum absolute atomic E-state index is 12.0. The third-order valence-electron chi connectivity index (χ3n) is 3.38. The Labute approximate surface area is 151 Å². The molecule has 1 amide bonds. The topological polar surface area (TPSA) is 59.6 Å². The Balaban J connectivity index is 0.00000529. The van der Waals surface area contributed by atoms with Gasteiger partial charge in [-0.1, -0.05) is 26.0 Å². The number of carbonyl (C=O) groups is 1. The van der Waals surface area contributed by atoms with E-state index in [4.69, 9.17) is 9.47 Å². The van der Waals surface area contributed by atoms with Crippen LogP contribution in [0.25, 0.3) is 0 Å². The largest absolute Gasteiger partial charge is 0.493 e. The lowest BCUT2D eigenvalue weighted by atomic mass is 9.94. The molecule has 0 unspecified atom stereocenters. The Morgan fingerprint density at radius 2 is 1.83 bits per heavy atom. The molecule has 0 aliphatic rings. The molecule has 0 fully saturated rings. The summed E-state index contributed by atoms with van der Waals surface area (Å²) in [6.07, 6.45) is 0. The Hall–Kier alpha value is -1.30. The number of carbonyl (C=O) groups excluding carboxylic acids is 1. The van der Waals surface area contributed by atoms with E-state index in [9.17, 15) is 4.79 Å². The number of hydrogen-bond acceptors (Lipinski definition) is 4. The van der Waals surface area contributed by atoms with Crippen LogP contribution in [0, 0.1) is 5.92 Å². The Kier molecular flexibility index (Phi) is 10.7. The molecule has 1 aromatic carbocycles. The second-order valence-corrected chi connectivity index (χ2v) is 6.57. The van der Waals surface area contributed by atoms with Gasteiger partial charge in [-0.05, 0) is 37.5 Å². The van der Waals surface area contributed by atoms with Crippen molar-refractivity contribution in [3.05, 3.63) is 29.8 Å². The fourth-order valence-electron chi connectivity index (χ4n) is 2.07. The van der Waals surface area contributed by atoms with Crippen molar-refractivity contribution in [1.29, 1.82) is 0 Å². The fraction of sp³-hybridized carbons (Fsp3) is 0.611. The zero-order valence-electron chi connectivity index (χ0n) is 15.3. The van der Waals surface area contributed by atoms with Crippen LogP contribution in [0.5, 0.6) is 5.75 Å². The van der Waals surface area contributed by atoms with Gasteiger partial charge in [0.05, 0.1) is 25.3 Å². The molecule has 6 heteroatoms. The summed E-state index contributed by atoms with van der Waals surface area (Å²) in [5.41, 5.74) is 0.607. The SMILES string of the molecule is COCCNCC(=O)NC(C)(C)c1ccc(OCC(C)C)cc1.Cl. The van der Waals surface area contributed by atoms with Crippen molar-refractivity contribution in [2.24, 2.45) is 5.92 Å². The second-order valence-electron chi connectivity index (χ2n) is 6.57. The molecule has 1 aromatic rings. The van der Waals surface area contributed by atoms with E-state index in [1.54, 1.807) is 7.11 Å². The number of halogens is 1. The highest BCUT2D eigenvalue weighted by molar-refractivity contribution is 5.85. The summed E-state index contributed by atoms with van der Waals surface area (Å²) >= 11 is 0. The van der Waals surface area contributed by atoms with Crippen LogP contribution < -0.4 is 15.4 Å². The number of amides is 1. The van der Waals surface area contributed by atoms with Gasteiger partial charge in [0.15, 0.2) is 0 Å². The zero-order chi connectivity index (χ0) is 17.3. The van der Waals surface area contributed by atoms with Crippen LogP contribution in [0.2, 0.25) is 0 Å². The number of rotatable bonds is 10. The predicted octanol–water partition coefficient (Wildman–Crippen LogP) is 2.73. The molecule has 138 valence electrons. The van der Waals surface area contributed by atoms with E-state index in [-0.39, 0.29) is 24.9 Å². The van der Waals surface area contributed by atoms with E-state index in [1.807, 2.05) is 38.1 Å². The number of benzene rings is 1. The molecule has 0 aliphatic heterocycles. The van der Waals surface area contributed by atoms with Gasteiger partial charge in [0.2, 0.25) is 5.91 Å². The van der Waals surface area contributed by atoms with Crippen molar-refractivity contribution >= 4 is 18.3 Å². The van der Waals surface area contributed by atoms with Crippen LogP contribution in [-0.2, 0) is 15.1 Å². The summed E-state index contributed by atoms with van der Waals surface area (Å²) in [6.45, 7) is 10.4. The summed E-state index contributed by atoms with van der Waals surface area (Å²) in [4.78, 5) is 12.0. The van der Waals surface area contributed by atoms with Crippen molar-refractivity contribution in [2.45, 2.75) is 33.2 Å². The molecule has 0 saturated heterocycles. The first-order valence-electron chi connectivity index (χ1n) is 8.09. The number of methoxy groups -OCH3 is 1. The third kappa shape index (κ3) is 8.52. The van der Waals surface area contributed by atoms with Gasteiger partial charge in [0, 0.05) is 13.7 Å². The van der Waals surface area contributed by atoms with E-state index >= 15 is 0 Å². The summed E-state index contributed by atoms with van der Waals surface area (Å²) in [5, 5.41) is 6.08. The Bertz CT molecular complexity index is 476. The van der Waals surface area contributed by atoms with Crippen LogP contribution >= 0.6 is 12.4 Å². The molecule has 2 N–H and O–H groups in total. The maximum Gasteiger partial charge on any atom is 0.234 e. The highest BCUT2D eigenvalue weighted by Gasteiger charge is 2.22. The smallest absolute Gasteiger partial charge is 0.234 e. The van der Waals surface area contributed by atoms with E-state index in [1.165, 1.54) is 0 Å². The molecule has 24 heavy (non-hydrogen) atoms. The van der Waals surface area contributed by atoms with Crippen LogP contribution in [0.15, 0.2) is 24.3 Å². The average molecular weight is 359 g/mol. The van der Waals surface area contributed by atoms with E-state index < -0.39 is 5.54 Å². The molecular formula is C18H31ClN2O3. The molecule has 0 spiro atoms. The summed E-state index contributed by atoms with van der Waals surface area (Å²) < 4.78 is 10.6. The standard InChI is InChI=1S/C18H30N2O3.ClH/c1-14(2)13-23-16-8-6-15(7-9-16)18(3,4)20-17(21)12-19-10-11-22-5;/h6-9,14,19H,10-13H2,1-5H3,(H,20,21);1H. The fourth-order valence-corrected chi connectivity index (χ4v) is 2.07. The lowest BCUT2D eigenvalue weighted by Gasteiger charge is -2.27. The molecule has 0 heterocycles. The highest BCUT2D eigenvalue weighted by atomic mass is 35.5. The lowest BCUT2D eigenvalue weighted by molar-refractivity contribution is -0.121.